The highest BCUT2D eigenvalue weighted by molar-refractivity contribution is 14.0. The van der Waals surface area contributed by atoms with E-state index in [-0.39, 0.29) is 42.0 Å². The van der Waals surface area contributed by atoms with Crippen molar-refractivity contribution in [1.29, 1.82) is 0 Å². The number of aliphatic imine (C=N–C) groups is 1. The van der Waals surface area contributed by atoms with E-state index in [1.54, 1.807) is 7.05 Å². The Bertz CT molecular complexity index is 627. The zero-order chi connectivity index (χ0) is 18.4. The van der Waals surface area contributed by atoms with E-state index in [9.17, 15) is 4.79 Å². The lowest BCUT2D eigenvalue weighted by molar-refractivity contribution is -0.121. The predicted octanol–water partition coefficient (Wildman–Crippen LogP) is 2.14. The van der Waals surface area contributed by atoms with Gasteiger partial charge < -0.3 is 20.9 Å². The fourth-order valence-corrected chi connectivity index (χ4v) is 3.02. The van der Waals surface area contributed by atoms with Crippen molar-refractivity contribution in [3.05, 3.63) is 29.8 Å². The van der Waals surface area contributed by atoms with Crippen LogP contribution in [0.25, 0.3) is 0 Å². The van der Waals surface area contributed by atoms with Gasteiger partial charge in [-0.3, -0.25) is 9.79 Å². The summed E-state index contributed by atoms with van der Waals surface area (Å²) in [5, 5.41) is 9.30. The maximum Gasteiger partial charge on any atom is 0.239 e. The van der Waals surface area contributed by atoms with Gasteiger partial charge in [0.15, 0.2) is 5.96 Å². The SMILES string of the molecule is CN=C(NCC(=O)NC(C)(C)C)NCC(C)N1CCc2ccccc21.I. The van der Waals surface area contributed by atoms with Gasteiger partial charge in [0.2, 0.25) is 5.91 Å². The molecule has 0 aromatic heterocycles. The van der Waals surface area contributed by atoms with Gasteiger partial charge in [-0.1, -0.05) is 18.2 Å². The fraction of sp³-hybridized carbons (Fsp3) is 0.579. The molecule has 1 heterocycles. The van der Waals surface area contributed by atoms with Crippen LogP contribution in [0, 0.1) is 0 Å². The van der Waals surface area contributed by atoms with Crippen molar-refractivity contribution >= 4 is 41.5 Å². The Morgan fingerprint density at radius 2 is 1.96 bits per heavy atom. The first-order valence-corrected chi connectivity index (χ1v) is 8.90. The normalized spacial score (nSPS) is 15.0. The molecule has 0 aliphatic carbocycles. The molecule has 2 rings (SSSR count). The molecular formula is C19H32IN5O. The molecule has 6 nitrogen and oxygen atoms in total. The summed E-state index contributed by atoms with van der Waals surface area (Å²) in [6, 6.07) is 8.91. The van der Waals surface area contributed by atoms with E-state index < -0.39 is 0 Å². The molecule has 146 valence electrons. The average Bonchev–Trinajstić information content (AvgIpc) is 2.97. The molecule has 0 fully saturated rings. The Labute approximate surface area is 174 Å². The summed E-state index contributed by atoms with van der Waals surface area (Å²) in [4.78, 5) is 18.5. The van der Waals surface area contributed by atoms with Gasteiger partial charge in [0, 0.05) is 37.4 Å². The molecule has 1 aromatic carbocycles. The van der Waals surface area contributed by atoms with Gasteiger partial charge in [-0.25, -0.2) is 0 Å². The first-order chi connectivity index (χ1) is 11.8. The van der Waals surface area contributed by atoms with E-state index in [1.807, 2.05) is 20.8 Å². The maximum absolute atomic E-state index is 11.9. The van der Waals surface area contributed by atoms with Crippen LogP contribution in [-0.2, 0) is 11.2 Å². The number of carbonyl (C=O) groups is 1. The molecule has 7 heteroatoms. The first-order valence-electron chi connectivity index (χ1n) is 8.90. The number of amides is 1. The van der Waals surface area contributed by atoms with Crippen molar-refractivity contribution in [2.75, 3.05) is 31.6 Å². The van der Waals surface area contributed by atoms with E-state index in [2.05, 4.69) is 57.0 Å². The molecule has 3 N–H and O–H groups in total. The number of hydrogen-bond acceptors (Lipinski definition) is 3. The Balaban J connectivity index is 0.00000338. The largest absolute Gasteiger partial charge is 0.366 e. The zero-order valence-corrected chi connectivity index (χ0v) is 18.8. The van der Waals surface area contributed by atoms with Gasteiger partial charge in [-0.2, -0.15) is 0 Å². The van der Waals surface area contributed by atoms with Crippen molar-refractivity contribution < 1.29 is 4.79 Å². The molecule has 0 saturated carbocycles. The van der Waals surface area contributed by atoms with Gasteiger partial charge in [0.1, 0.15) is 0 Å². The number of para-hydroxylation sites is 1. The third kappa shape index (κ3) is 6.66. The Morgan fingerprint density at radius 3 is 2.62 bits per heavy atom. The highest BCUT2D eigenvalue weighted by Gasteiger charge is 2.23. The summed E-state index contributed by atoms with van der Waals surface area (Å²) in [6.07, 6.45) is 1.10. The smallest absolute Gasteiger partial charge is 0.239 e. The standard InChI is InChI=1S/C19H31N5O.HI/c1-14(24-11-10-15-8-6-7-9-16(15)24)12-21-18(20-5)22-13-17(25)23-19(2,3)4;/h6-9,14H,10-13H2,1-5H3,(H,23,25)(H2,20,21,22);1H. The van der Waals surface area contributed by atoms with Crippen molar-refractivity contribution in [2.45, 2.75) is 45.7 Å². The molecule has 0 spiro atoms. The van der Waals surface area contributed by atoms with E-state index in [1.165, 1.54) is 11.3 Å². The minimum absolute atomic E-state index is 0. The number of nitrogens with one attached hydrogen (secondary N) is 3. The number of carbonyl (C=O) groups excluding carboxylic acids is 1. The number of fused-ring (bicyclic) bond motifs is 1. The van der Waals surface area contributed by atoms with Gasteiger partial charge in [0.25, 0.3) is 0 Å². The summed E-state index contributed by atoms with van der Waals surface area (Å²) >= 11 is 0. The van der Waals surface area contributed by atoms with E-state index >= 15 is 0 Å². The number of rotatable bonds is 5. The van der Waals surface area contributed by atoms with Crippen LogP contribution in [-0.4, -0.2) is 50.1 Å². The third-order valence-corrected chi connectivity index (χ3v) is 4.17. The van der Waals surface area contributed by atoms with Gasteiger partial charge in [-0.15, -0.1) is 24.0 Å². The third-order valence-electron chi connectivity index (χ3n) is 4.17. The minimum Gasteiger partial charge on any atom is -0.366 e. The lowest BCUT2D eigenvalue weighted by Crippen LogP contribution is -2.50. The minimum atomic E-state index is -0.229. The zero-order valence-electron chi connectivity index (χ0n) is 16.4. The van der Waals surface area contributed by atoms with Gasteiger partial charge in [-0.05, 0) is 45.7 Å². The molecule has 1 aromatic rings. The topological polar surface area (TPSA) is 68.8 Å². The second kappa shape index (κ2) is 9.99. The summed E-state index contributed by atoms with van der Waals surface area (Å²) in [5.41, 5.74) is 2.51. The number of hydrogen-bond donors (Lipinski definition) is 3. The fourth-order valence-electron chi connectivity index (χ4n) is 3.02. The Kier molecular flexibility index (Phi) is 8.66. The Hall–Kier alpha value is -1.51. The van der Waals surface area contributed by atoms with E-state index in [0.717, 1.165) is 19.5 Å². The highest BCUT2D eigenvalue weighted by atomic mass is 127. The number of nitrogens with zero attached hydrogens (tertiary/aromatic N) is 2. The Morgan fingerprint density at radius 1 is 1.27 bits per heavy atom. The van der Waals surface area contributed by atoms with Crippen molar-refractivity contribution in [3.63, 3.8) is 0 Å². The monoisotopic (exact) mass is 473 g/mol. The molecule has 1 atom stereocenters. The van der Waals surface area contributed by atoms with E-state index in [4.69, 9.17) is 0 Å². The lowest BCUT2D eigenvalue weighted by Gasteiger charge is -2.28. The van der Waals surface area contributed by atoms with Gasteiger partial charge >= 0.3 is 0 Å². The first kappa shape index (κ1) is 22.5. The van der Waals surface area contributed by atoms with Crippen LogP contribution in [0.2, 0.25) is 0 Å². The average molecular weight is 473 g/mol. The summed E-state index contributed by atoms with van der Waals surface area (Å²) in [6.45, 7) is 10.1. The summed E-state index contributed by atoms with van der Waals surface area (Å²) in [7, 11) is 1.72. The van der Waals surface area contributed by atoms with Crippen molar-refractivity contribution in [2.24, 2.45) is 4.99 Å². The summed E-state index contributed by atoms with van der Waals surface area (Å²) < 4.78 is 0. The quantitative estimate of drug-likeness (QED) is 0.348. The maximum atomic E-state index is 11.9. The lowest BCUT2D eigenvalue weighted by atomic mass is 10.1. The van der Waals surface area contributed by atoms with Crippen LogP contribution in [0.15, 0.2) is 29.3 Å². The molecule has 1 aliphatic rings. The molecule has 0 bridgehead atoms. The molecule has 1 amide bonds. The van der Waals surface area contributed by atoms with Crippen LogP contribution >= 0.6 is 24.0 Å². The number of guanidine groups is 1. The second-order valence-electron chi connectivity index (χ2n) is 7.53. The van der Waals surface area contributed by atoms with Crippen LogP contribution < -0.4 is 20.9 Å². The van der Waals surface area contributed by atoms with Crippen LogP contribution in [0.5, 0.6) is 0 Å². The molecule has 26 heavy (non-hydrogen) atoms. The van der Waals surface area contributed by atoms with Crippen molar-refractivity contribution in [1.82, 2.24) is 16.0 Å². The molecule has 1 aliphatic heterocycles. The predicted molar refractivity (Wildman–Crippen MR) is 120 cm³/mol. The number of halogens is 1. The van der Waals surface area contributed by atoms with Crippen LogP contribution in [0.3, 0.4) is 0 Å². The van der Waals surface area contributed by atoms with Crippen molar-refractivity contribution in [3.8, 4) is 0 Å². The molecule has 0 saturated heterocycles. The second-order valence-corrected chi connectivity index (χ2v) is 7.53. The van der Waals surface area contributed by atoms with Crippen LogP contribution in [0.4, 0.5) is 5.69 Å². The molecule has 0 radical (unpaired) electrons. The van der Waals surface area contributed by atoms with Gasteiger partial charge in [0.05, 0.1) is 6.54 Å². The van der Waals surface area contributed by atoms with E-state index in [0.29, 0.717) is 12.0 Å². The highest BCUT2D eigenvalue weighted by Crippen LogP contribution is 2.28. The molecular weight excluding hydrogens is 441 g/mol. The van der Waals surface area contributed by atoms with Crippen LogP contribution in [0.1, 0.15) is 33.3 Å². The number of anilines is 1. The molecule has 1 unspecified atom stereocenters. The number of benzene rings is 1. The summed E-state index contributed by atoms with van der Waals surface area (Å²) in [5.74, 6) is 0.598.